The number of benzene rings is 1. The minimum atomic E-state index is -1.49. The van der Waals surface area contributed by atoms with E-state index in [4.69, 9.17) is 5.73 Å². The van der Waals surface area contributed by atoms with E-state index in [2.05, 4.69) is 0 Å². The molecule has 21 heavy (non-hydrogen) atoms. The monoisotopic (exact) mass is 294 g/mol. The quantitative estimate of drug-likeness (QED) is 0.838. The molecular weight excluding hydrogens is 271 g/mol. The summed E-state index contributed by atoms with van der Waals surface area (Å²) in [6.07, 6.45) is -1.49. The topological polar surface area (TPSA) is 66.6 Å². The zero-order valence-electron chi connectivity index (χ0n) is 13.0. The lowest BCUT2D eigenvalue weighted by atomic mass is 9.96. The van der Waals surface area contributed by atoms with E-state index in [0.29, 0.717) is 17.8 Å². The fourth-order valence-corrected chi connectivity index (χ4v) is 2.52. The van der Waals surface area contributed by atoms with E-state index < -0.39 is 11.8 Å². The summed E-state index contributed by atoms with van der Waals surface area (Å²) in [5.74, 6) is 0.0289. The van der Waals surface area contributed by atoms with Gasteiger partial charge in [0.25, 0.3) is 5.91 Å². The van der Waals surface area contributed by atoms with E-state index >= 15 is 0 Å². The SMILES string of the molecule is CC(C)c1cc2c(cc1N)CN(CC(F)C(C)(C)O)C2=O. The Kier molecular flexibility index (Phi) is 3.97. The Labute approximate surface area is 124 Å². The third kappa shape index (κ3) is 3.02. The maximum Gasteiger partial charge on any atom is 0.254 e. The first-order valence-electron chi connectivity index (χ1n) is 7.19. The number of rotatable bonds is 4. The lowest BCUT2D eigenvalue weighted by molar-refractivity contribution is -0.0159. The van der Waals surface area contributed by atoms with Crippen LogP contribution in [0.5, 0.6) is 0 Å². The van der Waals surface area contributed by atoms with Crippen molar-refractivity contribution >= 4 is 11.6 Å². The Morgan fingerprint density at radius 2 is 2.05 bits per heavy atom. The molecule has 1 aliphatic rings. The highest BCUT2D eigenvalue weighted by atomic mass is 19.1. The number of aliphatic hydroxyl groups is 1. The first kappa shape index (κ1) is 15.8. The van der Waals surface area contributed by atoms with Gasteiger partial charge in [-0.25, -0.2) is 4.39 Å². The van der Waals surface area contributed by atoms with Crippen LogP contribution in [-0.4, -0.2) is 34.2 Å². The summed E-state index contributed by atoms with van der Waals surface area (Å²) in [6.45, 7) is 7.06. The predicted molar refractivity (Wildman–Crippen MR) is 80.9 cm³/mol. The molecule has 1 aliphatic heterocycles. The number of amides is 1. The van der Waals surface area contributed by atoms with Crippen molar-refractivity contribution in [3.05, 3.63) is 28.8 Å². The number of carbonyl (C=O) groups excluding carboxylic acids is 1. The fourth-order valence-electron chi connectivity index (χ4n) is 2.52. The van der Waals surface area contributed by atoms with Crippen LogP contribution >= 0.6 is 0 Å². The molecule has 1 aromatic rings. The van der Waals surface area contributed by atoms with Crippen LogP contribution in [0.2, 0.25) is 0 Å². The molecule has 0 fully saturated rings. The molecule has 1 unspecified atom stereocenters. The molecule has 4 nitrogen and oxygen atoms in total. The van der Waals surface area contributed by atoms with Gasteiger partial charge in [-0.3, -0.25) is 4.79 Å². The second-order valence-electron chi connectivity index (χ2n) is 6.60. The number of hydrogen-bond donors (Lipinski definition) is 2. The number of anilines is 1. The average molecular weight is 294 g/mol. The number of nitrogens with two attached hydrogens (primary N) is 1. The zero-order valence-corrected chi connectivity index (χ0v) is 13.0. The van der Waals surface area contributed by atoms with Crippen molar-refractivity contribution in [1.82, 2.24) is 4.90 Å². The van der Waals surface area contributed by atoms with Gasteiger partial charge in [-0.05, 0) is 43.0 Å². The minimum absolute atomic E-state index is 0.117. The van der Waals surface area contributed by atoms with Gasteiger partial charge in [0.1, 0.15) is 6.17 Å². The number of hydrogen-bond acceptors (Lipinski definition) is 3. The molecule has 3 N–H and O–H groups in total. The van der Waals surface area contributed by atoms with E-state index in [1.54, 1.807) is 6.07 Å². The first-order chi connectivity index (χ1) is 9.61. The normalized spacial score (nSPS) is 16.5. The van der Waals surface area contributed by atoms with Crippen LogP contribution in [-0.2, 0) is 6.54 Å². The van der Waals surface area contributed by atoms with Crippen molar-refractivity contribution < 1.29 is 14.3 Å². The molecule has 0 aliphatic carbocycles. The fraction of sp³-hybridized carbons (Fsp3) is 0.562. The Morgan fingerprint density at radius 1 is 1.43 bits per heavy atom. The molecular formula is C16H23FN2O2. The molecule has 116 valence electrons. The number of fused-ring (bicyclic) bond motifs is 1. The van der Waals surface area contributed by atoms with Crippen LogP contribution in [0.1, 0.15) is 55.1 Å². The van der Waals surface area contributed by atoms with Crippen molar-refractivity contribution in [3.8, 4) is 0 Å². The third-order valence-corrected chi connectivity index (χ3v) is 3.96. The van der Waals surface area contributed by atoms with Gasteiger partial charge in [-0.2, -0.15) is 0 Å². The summed E-state index contributed by atoms with van der Waals surface area (Å²) < 4.78 is 14.0. The van der Waals surface area contributed by atoms with Gasteiger partial charge < -0.3 is 15.7 Å². The molecule has 0 bridgehead atoms. The van der Waals surface area contributed by atoms with Gasteiger partial charge in [0.2, 0.25) is 0 Å². The highest BCUT2D eigenvalue weighted by Gasteiger charge is 2.34. The van der Waals surface area contributed by atoms with Crippen molar-refractivity contribution in [2.75, 3.05) is 12.3 Å². The van der Waals surface area contributed by atoms with E-state index in [9.17, 15) is 14.3 Å². The molecule has 0 saturated carbocycles. The lowest BCUT2D eigenvalue weighted by Crippen LogP contribution is -2.42. The van der Waals surface area contributed by atoms with Crippen LogP contribution in [0.15, 0.2) is 12.1 Å². The summed E-state index contributed by atoms with van der Waals surface area (Å²) in [7, 11) is 0. The Bertz CT molecular complexity index is 564. The van der Waals surface area contributed by atoms with Gasteiger partial charge in [0.05, 0.1) is 12.1 Å². The standard InChI is InChI=1S/C16H23FN2O2/c1-9(2)11-6-12-10(5-13(11)18)7-19(15(12)20)8-14(17)16(3,4)21/h5-6,9,14,21H,7-8,18H2,1-4H3. The van der Waals surface area contributed by atoms with Crippen LogP contribution < -0.4 is 5.73 Å². The van der Waals surface area contributed by atoms with Crippen molar-refractivity contribution in [2.45, 2.75) is 51.9 Å². The smallest absolute Gasteiger partial charge is 0.254 e. The van der Waals surface area contributed by atoms with Crippen LogP contribution in [0, 0.1) is 0 Å². The number of carbonyl (C=O) groups is 1. The van der Waals surface area contributed by atoms with E-state index in [-0.39, 0.29) is 18.4 Å². The predicted octanol–water partition coefficient (Wildman–Crippen LogP) is 2.46. The molecule has 1 aromatic carbocycles. The molecule has 0 radical (unpaired) electrons. The van der Waals surface area contributed by atoms with Crippen LogP contribution in [0.25, 0.3) is 0 Å². The molecule has 5 heteroatoms. The van der Waals surface area contributed by atoms with Gasteiger partial charge in [0, 0.05) is 17.8 Å². The van der Waals surface area contributed by atoms with Gasteiger partial charge in [-0.1, -0.05) is 13.8 Å². The molecule has 1 amide bonds. The van der Waals surface area contributed by atoms with E-state index in [1.165, 1.54) is 18.7 Å². The summed E-state index contributed by atoms with van der Waals surface area (Å²) in [5.41, 5.74) is 7.57. The molecule has 0 saturated heterocycles. The number of alkyl halides is 1. The molecule has 0 spiro atoms. The van der Waals surface area contributed by atoms with Crippen molar-refractivity contribution in [2.24, 2.45) is 0 Å². The molecule has 1 atom stereocenters. The minimum Gasteiger partial charge on any atom is -0.398 e. The van der Waals surface area contributed by atoms with Crippen LogP contribution in [0.4, 0.5) is 10.1 Å². The van der Waals surface area contributed by atoms with Crippen molar-refractivity contribution in [1.29, 1.82) is 0 Å². The molecule has 0 aromatic heterocycles. The van der Waals surface area contributed by atoms with Gasteiger partial charge >= 0.3 is 0 Å². The number of halogens is 1. The van der Waals surface area contributed by atoms with E-state index in [1.807, 2.05) is 19.9 Å². The second-order valence-corrected chi connectivity index (χ2v) is 6.60. The highest BCUT2D eigenvalue weighted by molar-refractivity contribution is 5.99. The molecule has 1 heterocycles. The molecule has 2 rings (SSSR count). The first-order valence-corrected chi connectivity index (χ1v) is 7.19. The third-order valence-electron chi connectivity index (χ3n) is 3.96. The highest BCUT2D eigenvalue weighted by Crippen LogP contribution is 2.31. The Morgan fingerprint density at radius 3 is 2.57 bits per heavy atom. The van der Waals surface area contributed by atoms with Gasteiger partial charge in [0.15, 0.2) is 0 Å². The number of nitrogen functional groups attached to an aromatic ring is 1. The number of nitrogens with zero attached hydrogens (tertiary/aromatic N) is 1. The summed E-state index contributed by atoms with van der Waals surface area (Å²) in [5, 5.41) is 9.68. The van der Waals surface area contributed by atoms with E-state index in [0.717, 1.165) is 11.1 Å². The summed E-state index contributed by atoms with van der Waals surface area (Å²) >= 11 is 0. The maximum absolute atomic E-state index is 14.0. The Balaban J connectivity index is 2.25. The average Bonchev–Trinajstić information content (AvgIpc) is 2.63. The van der Waals surface area contributed by atoms with Crippen LogP contribution in [0.3, 0.4) is 0 Å². The summed E-state index contributed by atoms with van der Waals surface area (Å²) in [4.78, 5) is 13.8. The van der Waals surface area contributed by atoms with Gasteiger partial charge in [-0.15, -0.1) is 0 Å². The maximum atomic E-state index is 14.0. The lowest BCUT2D eigenvalue weighted by Gasteiger charge is -2.26. The van der Waals surface area contributed by atoms with Crippen molar-refractivity contribution in [3.63, 3.8) is 0 Å². The summed E-state index contributed by atoms with van der Waals surface area (Å²) in [6, 6.07) is 3.62. The zero-order chi connectivity index (χ0) is 15.9. The Hall–Kier alpha value is -1.62. The largest absolute Gasteiger partial charge is 0.398 e. The second kappa shape index (κ2) is 5.30.